The van der Waals surface area contributed by atoms with Crippen LogP contribution in [0, 0.1) is 17.2 Å². The molecule has 0 aliphatic carbocycles. The largest absolute Gasteiger partial charge is 0.492 e. The van der Waals surface area contributed by atoms with Gasteiger partial charge < -0.3 is 25.0 Å². The molecule has 0 spiro atoms. The fourth-order valence-electron chi connectivity index (χ4n) is 3.55. The van der Waals surface area contributed by atoms with Crippen LogP contribution in [0.5, 0.6) is 0 Å². The van der Waals surface area contributed by atoms with Gasteiger partial charge in [-0.15, -0.1) is 0 Å². The Balaban J connectivity index is 1.61. The molecule has 3 heterocycles. The van der Waals surface area contributed by atoms with Gasteiger partial charge >= 0.3 is 13.3 Å². The predicted octanol–water partition coefficient (Wildman–Crippen LogP) is 2.45. The minimum absolute atomic E-state index is 0.00433. The summed E-state index contributed by atoms with van der Waals surface area (Å²) < 4.78 is 50.8. The number of benzene rings is 1. The first kappa shape index (κ1) is 21.6. The van der Waals surface area contributed by atoms with Crippen LogP contribution in [0.1, 0.15) is 17.5 Å². The fourth-order valence-corrected chi connectivity index (χ4v) is 3.70. The molecule has 0 bridgehead atoms. The maximum atomic E-state index is 13.5. The Bertz CT molecular complexity index is 1040. The molecule has 0 amide bonds. The Morgan fingerprint density at radius 3 is 2.90 bits per heavy atom. The molecule has 3 N–H and O–H groups in total. The Kier molecular flexibility index (Phi) is 5.94. The molecule has 0 saturated carbocycles. The molecular weight excluding hydrogens is 437 g/mol. The zero-order chi connectivity index (χ0) is 22.2. The van der Waals surface area contributed by atoms with E-state index < -0.39 is 18.9 Å². The van der Waals surface area contributed by atoms with Crippen molar-refractivity contribution in [2.24, 2.45) is 5.92 Å². The lowest BCUT2D eigenvalue weighted by Crippen LogP contribution is -2.38. The lowest BCUT2D eigenvalue weighted by atomic mass is 9.75. The third kappa shape index (κ3) is 4.55. The molecule has 4 rings (SSSR count). The number of nitrogens with one attached hydrogen (secondary N) is 2. The summed E-state index contributed by atoms with van der Waals surface area (Å²) >= 11 is 6.16. The van der Waals surface area contributed by atoms with Crippen LogP contribution in [-0.4, -0.2) is 41.4 Å². The molecule has 2 aliphatic rings. The molecule has 162 valence electrons. The monoisotopic (exact) mass is 453 g/mol. The molecule has 1 saturated heterocycles. The highest BCUT2D eigenvalue weighted by Gasteiger charge is 2.41. The summed E-state index contributed by atoms with van der Waals surface area (Å²) in [6.45, 7) is 0.628. The number of nitriles is 1. The number of anilines is 3. The average Bonchev–Trinajstić information content (AvgIpc) is 3.10. The molecule has 13 heteroatoms. The first-order valence-electron chi connectivity index (χ1n) is 9.33. The summed E-state index contributed by atoms with van der Waals surface area (Å²) in [5.74, 6) is -0.0655. The van der Waals surface area contributed by atoms with Gasteiger partial charge in [0.05, 0.1) is 43.0 Å². The van der Waals surface area contributed by atoms with Gasteiger partial charge in [-0.1, -0.05) is 11.6 Å². The van der Waals surface area contributed by atoms with E-state index in [1.165, 1.54) is 12.3 Å². The van der Waals surface area contributed by atoms with E-state index in [-0.39, 0.29) is 52.1 Å². The Labute approximate surface area is 180 Å². The summed E-state index contributed by atoms with van der Waals surface area (Å²) in [4.78, 5) is 8.25. The zero-order valence-corrected chi connectivity index (χ0v) is 16.7. The van der Waals surface area contributed by atoms with Crippen molar-refractivity contribution in [3.05, 3.63) is 34.5 Å². The van der Waals surface area contributed by atoms with E-state index in [1.54, 1.807) is 0 Å². The van der Waals surface area contributed by atoms with Gasteiger partial charge in [0.25, 0.3) is 0 Å². The van der Waals surface area contributed by atoms with E-state index in [9.17, 15) is 23.5 Å². The van der Waals surface area contributed by atoms with E-state index in [2.05, 4.69) is 26.7 Å². The lowest BCUT2D eigenvalue weighted by molar-refractivity contribution is -0.136. The summed E-state index contributed by atoms with van der Waals surface area (Å²) in [5.41, 5.74) is -1.00. The van der Waals surface area contributed by atoms with E-state index >= 15 is 0 Å². The molecule has 2 aliphatic heterocycles. The van der Waals surface area contributed by atoms with Crippen LogP contribution in [0.4, 0.5) is 30.6 Å². The van der Waals surface area contributed by atoms with Gasteiger partial charge in [-0.2, -0.15) is 23.4 Å². The van der Waals surface area contributed by atoms with Crippen molar-refractivity contribution in [3.8, 4) is 6.07 Å². The molecule has 0 unspecified atom stereocenters. The zero-order valence-electron chi connectivity index (χ0n) is 15.9. The molecular formula is C18H16BClF3N5O3. The maximum Gasteiger partial charge on any atom is 0.492 e. The summed E-state index contributed by atoms with van der Waals surface area (Å²) in [7, 11) is -1.63. The standard InChI is InChI=1S/C18H16BClF3N5O3/c20-13-6-25-17(28-16(13)27-14-8-30-2-1-9(14)5-24)26-11-3-10-7-31-19(29)15(10)12(4-11)18(21,22)23/h3-4,6,9,14,29H,1-2,7-8H2,(H2,25,26,27,28)/t9-,14+/m0/s1. The normalized spacial score (nSPS) is 20.8. The number of alkyl halides is 3. The topological polar surface area (TPSA) is 112 Å². The third-order valence-corrected chi connectivity index (χ3v) is 5.34. The first-order valence-corrected chi connectivity index (χ1v) is 9.71. The highest BCUT2D eigenvalue weighted by molar-refractivity contribution is 6.62. The fraction of sp³-hybridized carbons (Fsp3) is 0.389. The molecule has 31 heavy (non-hydrogen) atoms. The van der Waals surface area contributed by atoms with Gasteiger partial charge in [0.1, 0.15) is 5.02 Å². The van der Waals surface area contributed by atoms with Gasteiger partial charge in [-0.25, -0.2) is 4.98 Å². The smallest absolute Gasteiger partial charge is 0.423 e. The molecule has 2 aromatic rings. The molecule has 8 nitrogen and oxygen atoms in total. The minimum Gasteiger partial charge on any atom is -0.423 e. The molecule has 0 radical (unpaired) electrons. The lowest BCUT2D eigenvalue weighted by Gasteiger charge is -2.28. The van der Waals surface area contributed by atoms with Gasteiger partial charge in [0.15, 0.2) is 5.82 Å². The average molecular weight is 454 g/mol. The summed E-state index contributed by atoms with van der Waals surface area (Å²) in [5, 5.41) is 25.0. The number of fused-ring (bicyclic) bond motifs is 1. The highest BCUT2D eigenvalue weighted by Crippen LogP contribution is 2.34. The van der Waals surface area contributed by atoms with Gasteiger partial charge in [0.2, 0.25) is 5.95 Å². The number of halogens is 4. The van der Waals surface area contributed by atoms with Crippen molar-refractivity contribution < 1.29 is 27.6 Å². The summed E-state index contributed by atoms with van der Waals surface area (Å²) in [6.07, 6.45) is -2.82. The number of aromatic nitrogens is 2. The molecule has 1 aromatic carbocycles. The van der Waals surface area contributed by atoms with Crippen LogP contribution in [0.15, 0.2) is 18.3 Å². The Hall–Kier alpha value is -2.59. The first-order chi connectivity index (χ1) is 14.8. The number of ether oxygens (including phenoxy) is 1. The van der Waals surface area contributed by atoms with Gasteiger partial charge in [0, 0.05) is 17.8 Å². The van der Waals surface area contributed by atoms with Crippen molar-refractivity contribution in [2.75, 3.05) is 23.8 Å². The second-order valence-corrected chi connectivity index (χ2v) is 7.53. The SMILES string of the molecule is N#C[C@@H]1CCOC[C@H]1Nc1nc(Nc2cc3c(c(C(F)(F)F)c2)B(O)OC3)ncc1Cl. The highest BCUT2D eigenvalue weighted by atomic mass is 35.5. The minimum atomic E-state index is -4.68. The Morgan fingerprint density at radius 2 is 2.16 bits per heavy atom. The molecule has 1 fully saturated rings. The second kappa shape index (κ2) is 8.51. The van der Waals surface area contributed by atoms with Crippen LogP contribution in [-0.2, 0) is 22.2 Å². The van der Waals surface area contributed by atoms with Crippen molar-refractivity contribution in [2.45, 2.75) is 25.2 Å². The molecule has 2 atom stereocenters. The summed E-state index contributed by atoms with van der Waals surface area (Å²) in [6, 6.07) is 4.17. The van der Waals surface area contributed by atoms with Crippen molar-refractivity contribution in [1.82, 2.24) is 9.97 Å². The van der Waals surface area contributed by atoms with Crippen LogP contribution < -0.4 is 16.1 Å². The van der Waals surface area contributed by atoms with E-state index in [4.69, 9.17) is 21.0 Å². The van der Waals surface area contributed by atoms with E-state index in [0.29, 0.717) is 19.6 Å². The van der Waals surface area contributed by atoms with Gasteiger partial charge in [-0.3, -0.25) is 0 Å². The van der Waals surface area contributed by atoms with Crippen molar-refractivity contribution >= 4 is 41.6 Å². The van der Waals surface area contributed by atoms with Crippen LogP contribution in [0.25, 0.3) is 0 Å². The van der Waals surface area contributed by atoms with Crippen molar-refractivity contribution in [1.29, 1.82) is 5.26 Å². The quantitative estimate of drug-likeness (QED) is 0.605. The maximum absolute atomic E-state index is 13.5. The third-order valence-electron chi connectivity index (χ3n) is 5.06. The van der Waals surface area contributed by atoms with Gasteiger partial charge in [-0.05, 0) is 24.1 Å². The number of hydrogen-bond acceptors (Lipinski definition) is 8. The number of hydrogen-bond donors (Lipinski definition) is 3. The number of rotatable bonds is 4. The van der Waals surface area contributed by atoms with Crippen LogP contribution in [0.3, 0.4) is 0 Å². The predicted molar refractivity (Wildman–Crippen MR) is 106 cm³/mol. The number of nitrogens with zero attached hydrogens (tertiary/aromatic N) is 3. The second-order valence-electron chi connectivity index (χ2n) is 7.12. The van der Waals surface area contributed by atoms with E-state index in [1.807, 2.05) is 0 Å². The van der Waals surface area contributed by atoms with Crippen LogP contribution >= 0.6 is 11.6 Å². The van der Waals surface area contributed by atoms with Crippen LogP contribution in [0.2, 0.25) is 5.02 Å². The molecule has 1 aromatic heterocycles. The Morgan fingerprint density at radius 1 is 1.35 bits per heavy atom. The van der Waals surface area contributed by atoms with Crippen molar-refractivity contribution in [3.63, 3.8) is 0 Å². The van der Waals surface area contributed by atoms with E-state index in [0.717, 1.165) is 6.07 Å².